The minimum atomic E-state index is -1.47. The van der Waals surface area contributed by atoms with Gasteiger partial charge in [-0.2, -0.15) is 0 Å². The number of piperidine rings is 1. The van der Waals surface area contributed by atoms with E-state index in [1.54, 1.807) is 4.90 Å². The Morgan fingerprint density at radius 1 is 1.08 bits per heavy atom. The monoisotopic (exact) mass is 526 g/mol. The quantitative estimate of drug-likeness (QED) is 0.159. The number of allylic oxidation sites excluding steroid dienone is 1. The van der Waals surface area contributed by atoms with Gasteiger partial charge < -0.3 is 23.7 Å². The fourth-order valence-corrected chi connectivity index (χ4v) is 5.10. The Morgan fingerprint density at radius 2 is 1.84 bits per heavy atom. The molecule has 0 aromatic heterocycles. The predicted octanol–water partition coefficient (Wildman–Crippen LogP) is 5.32. The number of benzene rings is 2. The molecule has 206 valence electrons. The zero-order valence-corrected chi connectivity index (χ0v) is 22.3. The smallest absolute Gasteiger partial charge is 0.340 e. The maximum atomic E-state index is 11.6. The summed E-state index contributed by atoms with van der Waals surface area (Å²) in [5.74, 6) is -0.222. The lowest BCUT2D eigenvalue weighted by Crippen LogP contribution is -2.56. The topological polar surface area (TPSA) is 92.5 Å². The van der Waals surface area contributed by atoms with Crippen LogP contribution in [0.25, 0.3) is 0 Å². The van der Waals surface area contributed by atoms with Gasteiger partial charge in [-0.05, 0) is 61.1 Å². The van der Waals surface area contributed by atoms with Crippen LogP contribution in [-0.4, -0.2) is 62.2 Å². The Morgan fingerprint density at radius 3 is 2.50 bits per heavy atom. The van der Waals surface area contributed by atoms with Crippen molar-refractivity contribution in [3.05, 3.63) is 82.4 Å². The van der Waals surface area contributed by atoms with Crippen LogP contribution in [0.5, 0.6) is 11.5 Å². The molecule has 2 aliphatic rings. The molecule has 38 heavy (non-hydrogen) atoms. The van der Waals surface area contributed by atoms with Crippen molar-refractivity contribution in [1.29, 1.82) is 0 Å². The number of hydrogen-bond donors (Lipinski definition) is 0. The Bertz CT molecular complexity index is 1050. The number of rotatable bonds is 12. The van der Waals surface area contributed by atoms with Crippen LogP contribution in [0.4, 0.5) is 0 Å². The molecule has 0 saturated carbocycles. The van der Waals surface area contributed by atoms with Crippen molar-refractivity contribution in [3.63, 3.8) is 0 Å². The third kappa shape index (κ3) is 6.91. The molecule has 9 nitrogen and oxygen atoms in total. The van der Waals surface area contributed by atoms with E-state index in [4.69, 9.17) is 23.7 Å². The standard InChI is InChI=1S/C29H38N2O7/c1-4-26(23-10-9-11-25(20-23)37-28-13-6-8-19-36-28)22-14-16-24(17-15-22)38-29(34-2,35-3)21-30-18-7-5-12-27(30)31(32)33/h4,9-11,14-17,20,26-28H,1,5-8,12-13,18-19,21H2,2-3H3. The van der Waals surface area contributed by atoms with E-state index in [-0.39, 0.29) is 23.7 Å². The zero-order valence-electron chi connectivity index (χ0n) is 22.3. The molecule has 2 aromatic carbocycles. The van der Waals surface area contributed by atoms with Crippen molar-refractivity contribution in [2.45, 2.75) is 62.9 Å². The summed E-state index contributed by atoms with van der Waals surface area (Å²) in [5, 5.41) is 11.6. The highest BCUT2D eigenvalue weighted by Crippen LogP contribution is 2.32. The average molecular weight is 527 g/mol. The third-order valence-electron chi connectivity index (χ3n) is 7.21. The van der Waals surface area contributed by atoms with Crippen molar-refractivity contribution < 1.29 is 28.6 Å². The van der Waals surface area contributed by atoms with E-state index < -0.39 is 12.1 Å². The fourth-order valence-electron chi connectivity index (χ4n) is 5.10. The first-order valence-corrected chi connectivity index (χ1v) is 13.2. The Labute approximate surface area is 224 Å². The number of nitro groups is 1. The van der Waals surface area contributed by atoms with E-state index in [9.17, 15) is 10.1 Å². The highest BCUT2D eigenvalue weighted by molar-refractivity contribution is 5.42. The molecule has 4 rings (SSSR count). The van der Waals surface area contributed by atoms with Gasteiger partial charge in [0, 0.05) is 44.4 Å². The first-order chi connectivity index (χ1) is 18.5. The van der Waals surface area contributed by atoms with Crippen LogP contribution >= 0.6 is 0 Å². The number of nitrogens with zero attached hydrogens (tertiary/aromatic N) is 2. The van der Waals surface area contributed by atoms with E-state index in [0.29, 0.717) is 18.7 Å². The van der Waals surface area contributed by atoms with Gasteiger partial charge in [-0.1, -0.05) is 30.3 Å². The van der Waals surface area contributed by atoms with Gasteiger partial charge in [0.05, 0.1) is 13.2 Å². The van der Waals surface area contributed by atoms with Crippen molar-refractivity contribution in [1.82, 2.24) is 4.90 Å². The summed E-state index contributed by atoms with van der Waals surface area (Å²) in [6, 6.07) is 15.6. The van der Waals surface area contributed by atoms with Gasteiger partial charge in [-0.25, -0.2) is 4.90 Å². The second kappa shape index (κ2) is 13.2. The van der Waals surface area contributed by atoms with Crippen molar-refractivity contribution in [2.75, 3.05) is 33.9 Å². The average Bonchev–Trinajstić information content (AvgIpc) is 2.95. The Hall–Kier alpha value is -2.98. The second-order valence-electron chi connectivity index (χ2n) is 9.69. The minimum Gasteiger partial charge on any atom is -0.465 e. The Kier molecular flexibility index (Phi) is 9.74. The molecule has 3 atom stereocenters. The van der Waals surface area contributed by atoms with Gasteiger partial charge in [0.15, 0.2) is 6.29 Å². The Balaban J connectivity index is 1.46. The highest BCUT2D eigenvalue weighted by Gasteiger charge is 2.42. The van der Waals surface area contributed by atoms with Gasteiger partial charge in [0.2, 0.25) is 0 Å². The predicted molar refractivity (Wildman–Crippen MR) is 143 cm³/mol. The SMILES string of the molecule is C=CC(c1ccc(OC(CN2CCCCC2[N+](=O)[O-])(OC)OC)cc1)c1cccc(OC2CCCCO2)c1. The lowest BCUT2D eigenvalue weighted by Gasteiger charge is -2.37. The number of hydrogen-bond acceptors (Lipinski definition) is 8. The molecule has 2 aliphatic heterocycles. The van der Waals surface area contributed by atoms with Crippen LogP contribution in [0.1, 0.15) is 55.6 Å². The number of likely N-dealkylation sites (tertiary alicyclic amines) is 1. The maximum absolute atomic E-state index is 11.6. The van der Waals surface area contributed by atoms with E-state index >= 15 is 0 Å². The van der Waals surface area contributed by atoms with E-state index in [1.807, 2.05) is 48.5 Å². The van der Waals surface area contributed by atoms with Crippen LogP contribution in [0, 0.1) is 10.1 Å². The molecular formula is C29H38N2O7. The molecule has 2 fully saturated rings. The number of methoxy groups -OCH3 is 2. The molecule has 3 unspecified atom stereocenters. The molecule has 2 heterocycles. The molecule has 0 bridgehead atoms. The molecular weight excluding hydrogens is 488 g/mol. The van der Waals surface area contributed by atoms with Gasteiger partial charge in [-0.3, -0.25) is 10.1 Å². The minimum absolute atomic E-state index is 0.0521. The van der Waals surface area contributed by atoms with Crippen molar-refractivity contribution >= 4 is 0 Å². The largest absolute Gasteiger partial charge is 0.465 e. The summed E-state index contributed by atoms with van der Waals surface area (Å²) in [5.41, 5.74) is 2.09. The van der Waals surface area contributed by atoms with Crippen LogP contribution in [0.2, 0.25) is 0 Å². The van der Waals surface area contributed by atoms with E-state index in [0.717, 1.165) is 55.6 Å². The first kappa shape index (κ1) is 28.0. The summed E-state index contributed by atoms with van der Waals surface area (Å²) in [4.78, 5) is 13.1. The van der Waals surface area contributed by atoms with Crippen LogP contribution in [-0.2, 0) is 14.2 Å². The summed E-state index contributed by atoms with van der Waals surface area (Å²) < 4.78 is 29.2. The molecule has 2 aromatic rings. The normalized spacial score (nSPS) is 21.4. The molecule has 2 saturated heterocycles. The molecule has 0 amide bonds. The molecule has 0 radical (unpaired) electrons. The lowest BCUT2D eigenvalue weighted by molar-refractivity contribution is -0.558. The molecule has 0 N–H and O–H groups in total. The third-order valence-corrected chi connectivity index (χ3v) is 7.21. The summed E-state index contributed by atoms with van der Waals surface area (Å²) in [6.07, 6.45) is 6.19. The summed E-state index contributed by atoms with van der Waals surface area (Å²) in [6.45, 7) is 5.48. The fraction of sp³-hybridized carbons (Fsp3) is 0.517. The van der Waals surface area contributed by atoms with Gasteiger partial charge in [-0.15, -0.1) is 6.58 Å². The van der Waals surface area contributed by atoms with Crippen LogP contribution in [0.15, 0.2) is 61.2 Å². The van der Waals surface area contributed by atoms with Crippen LogP contribution < -0.4 is 9.47 Å². The van der Waals surface area contributed by atoms with Gasteiger partial charge in [0.1, 0.15) is 11.5 Å². The molecule has 9 heteroatoms. The summed E-state index contributed by atoms with van der Waals surface area (Å²) >= 11 is 0. The van der Waals surface area contributed by atoms with Crippen LogP contribution in [0.3, 0.4) is 0 Å². The highest BCUT2D eigenvalue weighted by atomic mass is 16.9. The van der Waals surface area contributed by atoms with Gasteiger partial charge >= 0.3 is 5.97 Å². The number of ether oxygens (including phenoxy) is 5. The van der Waals surface area contributed by atoms with Crippen molar-refractivity contribution in [3.8, 4) is 11.5 Å². The lowest BCUT2D eigenvalue weighted by atomic mass is 9.91. The van der Waals surface area contributed by atoms with Gasteiger partial charge in [0.25, 0.3) is 6.17 Å². The van der Waals surface area contributed by atoms with E-state index in [1.165, 1.54) is 14.2 Å². The maximum Gasteiger partial charge on any atom is 0.340 e. The van der Waals surface area contributed by atoms with Crippen molar-refractivity contribution in [2.24, 2.45) is 0 Å². The molecule has 0 aliphatic carbocycles. The second-order valence-corrected chi connectivity index (χ2v) is 9.69. The zero-order chi connectivity index (χ0) is 27.0. The summed E-state index contributed by atoms with van der Waals surface area (Å²) in [7, 11) is 2.95. The van der Waals surface area contributed by atoms with E-state index in [2.05, 4.69) is 12.6 Å². The molecule has 0 spiro atoms. The first-order valence-electron chi connectivity index (χ1n) is 13.2.